The van der Waals surface area contributed by atoms with Gasteiger partial charge in [-0.1, -0.05) is 23.2 Å². The van der Waals surface area contributed by atoms with E-state index in [4.69, 9.17) is 27.9 Å². The van der Waals surface area contributed by atoms with Crippen LogP contribution in [0.15, 0.2) is 18.2 Å². The van der Waals surface area contributed by atoms with Gasteiger partial charge in [0.15, 0.2) is 5.78 Å². The van der Waals surface area contributed by atoms with Crippen molar-refractivity contribution in [3.63, 3.8) is 0 Å². The number of rotatable bonds is 5. The molecule has 1 aliphatic carbocycles. The van der Waals surface area contributed by atoms with Gasteiger partial charge in [-0.3, -0.25) is 4.79 Å². The van der Waals surface area contributed by atoms with Crippen LogP contribution in [-0.2, 0) is 4.74 Å². The van der Waals surface area contributed by atoms with E-state index in [9.17, 15) is 4.79 Å². The van der Waals surface area contributed by atoms with E-state index < -0.39 is 0 Å². The highest BCUT2D eigenvalue weighted by Crippen LogP contribution is 2.37. The first-order valence-corrected chi connectivity index (χ1v) is 6.50. The van der Waals surface area contributed by atoms with E-state index in [0.29, 0.717) is 28.1 Å². The smallest absolute Gasteiger partial charge is 0.193 e. The first kappa shape index (κ1) is 12.9. The molecule has 1 unspecified atom stereocenters. The molecule has 2 nitrogen and oxygen atoms in total. The van der Waals surface area contributed by atoms with Gasteiger partial charge in [-0.25, -0.2) is 0 Å². The summed E-state index contributed by atoms with van der Waals surface area (Å²) >= 11 is 11.9. The highest BCUT2D eigenvalue weighted by Gasteiger charge is 2.37. The van der Waals surface area contributed by atoms with Crippen molar-refractivity contribution in [2.24, 2.45) is 5.92 Å². The van der Waals surface area contributed by atoms with Crippen molar-refractivity contribution in [1.29, 1.82) is 0 Å². The summed E-state index contributed by atoms with van der Waals surface area (Å²) in [4.78, 5) is 12.3. The van der Waals surface area contributed by atoms with Crippen LogP contribution in [0.5, 0.6) is 0 Å². The lowest BCUT2D eigenvalue weighted by atomic mass is 10.0. The molecule has 0 bridgehead atoms. The summed E-state index contributed by atoms with van der Waals surface area (Å²) in [7, 11) is 0. The van der Waals surface area contributed by atoms with E-state index in [2.05, 4.69) is 0 Å². The fourth-order valence-electron chi connectivity index (χ4n) is 1.84. The predicted molar refractivity (Wildman–Crippen MR) is 68.9 cm³/mol. The van der Waals surface area contributed by atoms with Gasteiger partial charge in [0.25, 0.3) is 0 Å². The van der Waals surface area contributed by atoms with Crippen LogP contribution in [0.3, 0.4) is 0 Å². The van der Waals surface area contributed by atoms with Crippen molar-refractivity contribution >= 4 is 29.0 Å². The molecule has 1 atom stereocenters. The van der Waals surface area contributed by atoms with Crippen molar-refractivity contribution in [3.05, 3.63) is 33.8 Å². The topological polar surface area (TPSA) is 26.3 Å². The Hall–Kier alpha value is -0.570. The molecular formula is C13H14Cl2O2. The fourth-order valence-corrected chi connectivity index (χ4v) is 2.23. The largest absolute Gasteiger partial charge is 0.370 e. The van der Waals surface area contributed by atoms with Gasteiger partial charge in [0.1, 0.15) is 6.10 Å². The number of ketones is 1. The molecule has 0 N–H and O–H groups in total. The molecule has 1 aromatic rings. The minimum Gasteiger partial charge on any atom is -0.370 e. The molecule has 17 heavy (non-hydrogen) atoms. The summed E-state index contributed by atoms with van der Waals surface area (Å²) in [6.07, 6.45) is 1.74. The summed E-state index contributed by atoms with van der Waals surface area (Å²) in [5.41, 5.74) is 0.463. The SMILES string of the molecule is CCOC(C(=O)c1cc(Cl)ccc1Cl)C1CC1. The van der Waals surface area contributed by atoms with Crippen molar-refractivity contribution in [2.45, 2.75) is 25.9 Å². The normalized spacial score (nSPS) is 16.9. The highest BCUT2D eigenvalue weighted by molar-refractivity contribution is 6.36. The van der Waals surface area contributed by atoms with Crippen molar-refractivity contribution in [1.82, 2.24) is 0 Å². The number of ether oxygens (including phenoxy) is 1. The van der Waals surface area contributed by atoms with Gasteiger partial charge in [0.2, 0.25) is 0 Å². The third kappa shape index (κ3) is 3.01. The minimum atomic E-state index is -0.365. The van der Waals surface area contributed by atoms with E-state index in [-0.39, 0.29) is 11.9 Å². The van der Waals surface area contributed by atoms with Gasteiger partial charge in [-0.2, -0.15) is 0 Å². The lowest BCUT2D eigenvalue weighted by molar-refractivity contribution is 0.0375. The molecule has 1 aliphatic rings. The van der Waals surface area contributed by atoms with Gasteiger partial charge in [0.05, 0.1) is 5.02 Å². The number of Topliss-reactive ketones (excluding diaryl/α,β-unsaturated/α-hetero) is 1. The monoisotopic (exact) mass is 272 g/mol. The summed E-state index contributed by atoms with van der Waals surface area (Å²) in [6, 6.07) is 4.93. The maximum absolute atomic E-state index is 12.3. The first-order valence-electron chi connectivity index (χ1n) is 5.74. The van der Waals surface area contributed by atoms with Gasteiger partial charge in [-0.05, 0) is 43.9 Å². The van der Waals surface area contributed by atoms with E-state index in [1.54, 1.807) is 18.2 Å². The van der Waals surface area contributed by atoms with Crippen molar-refractivity contribution < 1.29 is 9.53 Å². The maximum Gasteiger partial charge on any atom is 0.193 e. The Morgan fingerprint density at radius 1 is 1.47 bits per heavy atom. The molecule has 2 rings (SSSR count). The van der Waals surface area contributed by atoms with Crippen LogP contribution in [0.2, 0.25) is 10.0 Å². The second-order valence-corrected chi connectivity index (χ2v) is 5.05. The maximum atomic E-state index is 12.3. The van der Waals surface area contributed by atoms with Crippen LogP contribution in [0, 0.1) is 5.92 Å². The number of carbonyl (C=O) groups excluding carboxylic acids is 1. The number of halogens is 2. The van der Waals surface area contributed by atoms with Crippen LogP contribution in [0.1, 0.15) is 30.1 Å². The second-order valence-electron chi connectivity index (χ2n) is 4.20. The molecule has 1 fully saturated rings. The van der Waals surface area contributed by atoms with Crippen molar-refractivity contribution in [3.8, 4) is 0 Å². The van der Waals surface area contributed by atoms with Crippen LogP contribution in [0.4, 0.5) is 0 Å². The molecule has 0 radical (unpaired) electrons. The third-order valence-electron chi connectivity index (χ3n) is 2.85. The molecule has 0 aromatic heterocycles. The quantitative estimate of drug-likeness (QED) is 0.758. The Bertz CT molecular complexity index is 427. The zero-order valence-electron chi connectivity index (χ0n) is 9.58. The van der Waals surface area contributed by atoms with E-state index in [1.165, 1.54) is 0 Å². The highest BCUT2D eigenvalue weighted by atomic mass is 35.5. The number of hydrogen-bond acceptors (Lipinski definition) is 2. The summed E-state index contributed by atoms with van der Waals surface area (Å²) in [6.45, 7) is 2.42. The average Bonchev–Trinajstić information content (AvgIpc) is 3.12. The predicted octanol–water partition coefficient (Wildman–Crippen LogP) is 3.99. The zero-order chi connectivity index (χ0) is 12.4. The summed E-state index contributed by atoms with van der Waals surface area (Å²) < 4.78 is 5.53. The third-order valence-corrected chi connectivity index (χ3v) is 3.41. The molecule has 1 saturated carbocycles. The Morgan fingerprint density at radius 2 is 2.18 bits per heavy atom. The van der Waals surface area contributed by atoms with Crippen LogP contribution >= 0.6 is 23.2 Å². The minimum absolute atomic E-state index is 0.0538. The summed E-state index contributed by atoms with van der Waals surface area (Å²) in [5, 5.41) is 0.952. The Kier molecular flexibility index (Phi) is 4.08. The first-order chi connectivity index (χ1) is 8.13. The molecule has 0 aliphatic heterocycles. The van der Waals surface area contributed by atoms with Crippen molar-refractivity contribution in [2.75, 3.05) is 6.61 Å². The Labute approximate surface area is 111 Å². The van der Waals surface area contributed by atoms with Gasteiger partial charge in [0, 0.05) is 17.2 Å². The molecule has 1 aromatic carbocycles. The molecule has 92 valence electrons. The lowest BCUT2D eigenvalue weighted by Crippen LogP contribution is -2.27. The lowest BCUT2D eigenvalue weighted by Gasteiger charge is -2.16. The van der Waals surface area contributed by atoms with Crippen LogP contribution < -0.4 is 0 Å². The molecule has 0 spiro atoms. The standard InChI is InChI=1S/C13H14Cl2O2/c1-2-17-13(8-3-4-8)12(16)10-7-9(14)5-6-11(10)15/h5-8,13H,2-4H2,1H3. The van der Waals surface area contributed by atoms with E-state index in [0.717, 1.165) is 12.8 Å². The fraction of sp³-hybridized carbons (Fsp3) is 0.462. The number of carbonyl (C=O) groups is 1. The number of benzene rings is 1. The van der Waals surface area contributed by atoms with E-state index >= 15 is 0 Å². The number of hydrogen-bond donors (Lipinski definition) is 0. The van der Waals surface area contributed by atoms with E-state index in [1.807, 2.05) is 6.92 Å². The van der Waals surface area contributed by atoms with Gasteiger partial charge < -0.3 is 4.74 Å². The van der Waals surface area contributed by atoms with Gasteiger partial charge >= 0.3 is 0 Å². The molecule has 0 heterocycles. The summed E-state index contributed by atoms with van der Waals surface area (Å²) in [5.74, 6) is 0.291. The molecule has 0 saturated heterocycles. The Balaban J connectivity index is 2.24. The Morgan fingerprint density at radius 3 is 2.76 bits per heavy atom. The molecular weight excluding hydrogens is 259 g/mol. The zero-order valence-corrected chi connectivity index (χ0v) is 11.1. The van der Waals surface area contributed by atoms with Crippen LogP contribution in [0.25, 0.3) is 0 Å². The second kappa shape index (κ2) is 5.38. The molecule has 4 heteroatoms. The van der Waals surface area contributed by atoms with Gasteiger partial charge in [-0.15, -0.1) is 0 Å². The average molecular weight is 273 g/mol. The molecule has 0 amide bonds. The van der Waals surface area contributed by atoms with Crippen LogP contribution in [-0.4, -0.2) is 18.5 Å².